The summed E-state index contributed by atoms with van der Waals surface area (Å²) in [4.78, 5) is 2.50. The zero-order valence-electron chi connectivity index (χ0n) is 33.3. The van der Waals surface area contributed by atoms with Gasteiger partial charge in [0.1, 0.15) is 0 Å². The van der Waals surface area contributed by atoms with E-state index in [1.807, 2.05) is 0 Å². The first-order valence-electron chi connectivity index (χ1n) is 21.2. The van der Waals surface area contributed by atoms with Gasteiger partial charge in [-0.3, -0.25) is 0 Å². The molecule has 0 saturated carbocycles. The molecule has 0 radical (unpaired) electrons. The summed E-state index contributed by atoms with van der Waals surface area (Å²) in [6.07, 6.45) is 0. The summed E-state index contributed by atoms with van der Waals surface area (Å²) in [5.74, 6) is 0. The summed E-state index contributed by atoms with van der Waals surface area (Å²) < 4.78 is 2.43. The molecule has 11 aromatic rings. The third kappa shape index (κ3) is 4.73. The van der Waals surface area contributed by atoms with Crippen LogP contribution in [0.15, 0.2) is 231 Å². The molecule has 0 N–H and O–H groups in total. The van der Waals surface area contributed by atoms with Crippen LogP contribution in [0.5, 0.6) is 0 Å². The number of hydrogen-bond acceptors (Lipinski definition) is 1. The van der Waals surface area contributed by atoms with Crippen molar-refractivity contribution in [3.8, 4) is 39.1 Å². The lowest BCUT2D eigenvalue weighted by Crippen LogP contribution is -2.26. The number of aromatic nitrogens is 1. The molecule has 2 nitrogen and oxygen atoms in total. The molecule has 0 saturated heterocycles. The Morgan fingerprint density at radius 1 is 0.361 bits per heavy atom. The summed E-state index contributed by atoms with van der Waals surface area (Å²) in [6.45, 7) is 0. The summed E-state index contributed by atoms with van der Waals surface area (Å²) in [5, 5.41) is 4.91. The maximum absolute atomic E-state index is 2.50. The maximum Gasteiger partial charge on any atom is 0.0726 e. The first kappa shape index (κ1) is 34.0. The van der Waals surface area contributed by atoms with Gasteiger partial charge in [0.2, 0.25) is 0 Å². The quantitative estimate of drug-likeness (QED) is 0.169. The molecule has 13 rings (SSSR count). The van der Waals surface area contributed by atoms with E-state index in [9.17, 15) is 0 Å². The van der Waals surface area contributed by atoms with E-state index in [1.54, 1.807) is 0 Å². The van der Waals surface area contributed by atoms with Crippen molar-refractivity contribution in [2.24, 2.45) is 0 Å². The third-order valence-electron chi connectivity index (χ3n) is 13.4. The monoisotopic (exact) mass is 774 g/mol. The first-order valence-corrected chi connectivity index (χ1v) is 21.2. The van der Waals surface area contributed by atoms with Crippen LogP contribution in [-0.4, -0.2) is 4.57 Å². The fraction of sp³-hybridized carbons (Fsp3) is 0.0169. The van der Waals surface area contributed by atoms with E-state index < -0.39 is 5.41 Å². The fourth-order valence-electron chi connectivity index (χ4n) is 11.0. The van der Waals surface area contributed by atoms with Gasteiger partial charge < -0.3 is 9.47 Å². The van der Waals surface area contributed by atoms with E-state index in [0.29, 0.717) is 0 Å². The molecular formula is C59H38N2. The largest absolute Gasteiger partial charge is 0.310 e. The van der Waals surface area contributed by atoms with Crippen LogP contribution < -0.4 is 4.90 Å². The van der Waals surface area contributed by atoms with Crippen LogP contribution in [0.25, 0.3) is 71.6 Å². The summed E-state index contributed by atoms with van der Waals surface area (Å²) in [6, 6.07) is 85.4. The molecule has 10 aromatic carbocycles. The molecule has 0 atom stereocenters. The van der Waals surface area contributed by atoms with Crippen molar-refractivity contribution in [1.82, 2.24) is 4.57 Å². The van der Waals surface area contributed by atoms with E-state index in [1.165, 1.54) is 88.2 Å². The number of rotatable bonds is 5. The van der Waals surface area contributed by atoms with Crippen molar-refractivity contribution in [3.05, 3.63) is 253 Å². The molecule has 0 amide bonds. The van der Waals surface area contributed by atoms with Crippen LogP contribution in [0, 0.1) is 0 Å². The molecule has 0 bridgehead atoms. The van der Waals surface area contributed by atoms with Crippen LogP contribution in [0.2, 0.25) is 0 Å². The van der Waals surface area contributed by atoms with E-state index in [4.69, 9.17) is 0 Å². The van der Waals surface area contributed by atoms with Crippen LogP contribution in [0.4, 0.5) is 17.1 Å². The average molecular weight is 775 g/mol. The van der Waals surface area contributed by atoms with Gasteiger partial charge in [0.15, 0.2) is 0 Å². The molecule has 0 aliphatic heterocycles. The minimum Gasteiger partial charge on any atom is -0.310 e. The molecule has 61 heavy (non-hydrogen) atoms. The standard InChI is InChI=1S/C59H38N2/c1-3-19-42(20-4-1)60(44-33-34-48-47-25-11-15-29-52(47)59(53(48)38-44)50-27-13-9-23-45(50)46-24-10-14-28-51(46)59)55-35-36-56-58(57(55)41-32-31-39-17-7-8-18-40(39)37-41)49-26-12-16-30-54(49)61(56)43-21-5-2-6-22-43/h1-38H. The Morgan fingerprint density at radius 3 is 1.64 bits per heavy atom. The van der Waals surface area contributed by atoms with Gasteiger partial charge >= 0.3 is 0 Å². The highest BCUT2D eigenvalue weighted by molar-refractivity contribution is 6.19. The lowest BCUT2D eigenvalue weighted by molar-refractivity contribution is 0.793. The predicted molar refractivity (Wildman–Crippen MR) is 255 cm³/mol. The minimum absolute atomic E-state index is 0.453. The Hall–Kier alpha value is -7.94. The molecular weight excluding hydrogens is 737 g/mol. The highest BCUT2D eigenvalue weighted by Gasteiger charge is 2.51. The van der Waals surface area contributed by atoms with E-state index in [0.717, 1.165) is 22.7 Å². The molecule has 284 valence electrons. The average Bonchev–Trinajstić information content (AvgIpc) is 3.94. The number of nitrogens with zero attached hydrogens (tertiary/aromatic N) is 2. The second-order valence-electron chi connectivity index (χ2n) is 16.4. The second-order valence-corrected chi connectivity index (χ2v) is 16.4. The van der Waals surface area contributed by atoms with Crippen molar-refractivity contribution in [2.45, 2.75) is 5.41 Å². The molecule has 2 heteroatoms. The first-order chi connectivity index (χ1) is 30.3. The van der Waals surface area contributed by atoms with Crippen molar-refractivity contribution in [1.29, 1.82) is 0 Å². The number of benzene rings is 10. The molecule has 0 fully saturated rings. The predicted octanol–water partition coefficient (Wildman–Crippen LogP) is 15.4. The Bertz CT molecular complexity index is 3480. The molecule has 1 spiro atoms. The minimum atomic E-state index is -0.453. The Morgan fingerprint density at radius 2 is 0.934 bits per heavy atom. The van der Waals surface area contributed by atoms with Gasteiger partial charge in [0.05, 0.1) is 22.1 Å². The summed E-state index contributed by atoms with van der Waals surface area (Å²) >= 11 is 0. The number of fused-ring (bicyclic) bond motifs is 14. The SMILES string of the molecule is c1ccc(N(c2ccc3c(c2)C2(c4ccccc4-c4ccccc42)c2ccccc2-3)c2ccc3c(c2-c2ccc4ccccc4c2)c2ccccc2n3-c2ccccc2)cc1. The number of hydrogen-bond donors (Lipinski definition) is 0. The molecule has 1 heterocycles. The zero-order valence-corrected chi connectivity index (χ0v) is 33.3. The van der Waals surface area contributed by atoms with E-state index in [-0.39, 0.29) is 0 Å². The molecule has 2 aliphatic carbocycles. The summed E-state index contributed by atoms with van der Waals surface area (Å²) in [7, 11) is 0. The van der Waals surface area contributed by atoms with Crippen LogP contribution in [0.3, 0.4) is 0 Å². The van der Waals surface area contributed by atoms with Crippen LogP contribution in [0.1, 0.15) is 22.3 Å². The molecule has 1 aromatic heterocycles. The van der Waals surface area contributed by atoms with E-state index in [2.05, 4.69) is 240 Å². The Labute approximate surface area is 354 Å². The smallest absolute Gasteiger partial charge is 0.0726 e. The van der Waals surface area contributed by atoms with Crippen LogP contribution in [-0.2, 0) is 5.41 Å². The highest BCUT2D eigenvalue weighted by atomic mass is 15.1. The van der Waals surface area contributed by atoms with Crippen molar-refractivity contribution in [2.75, 3.05) is 4.90 Å². The van der Waals surface area contributed by atoms with Crippen molar-refractivity contribution >= 4 is 49.6 Å². The lowest BCUT2D eigenvalue weighted by atomic mass is 9.70. The van der Waals surface area contributed by atoms with Crippen molar-refractivity contribution < 1.29 is 0 Å². The molecule has 0 unspecified atom stereocenters. The van der Waals surface area contributed by atoms with Gasteiger partial charge in [-0.25, -0.2) is 0 Å². The van der Waals surface area contributed by atoms with Gasteiger partial charge in [-0.15, -0.1) is 0 Å². The molecule has 2 aliphatic rings. The summed E-state index contributed by atoms with van der Waals surface area (Å²) in [5.41, 5.74) is 19.3. The second kappa shape index (κ2) is 13.0. The highest BCUT2D eigenvalue weighted by Crippen LogP contribution is 2.63. The Balaban J connectivity index is 1.14. The number of para-hydroxylation sites is 3. The van der Waals surface area contributed by atoms with Gasteiger partial charge in [-0.1, -0.05) is 170 Å². The number of anilines is 3. The van der Waals surface area contributed by atoms with Crippen LogP contribution >= 0.6 is 0 Å². The third-order valence-corrected chi connectivity index (χ3v) is 13.4. The maximum atomic E-state index is 2.50. The zero-order chi connectivity index (χ0) is 40.1. The fourth-order valence-corrected chi connectivity index (χ4v) is 11.0. The topological polar surface area (TPSA) is 8.17 Å². The van der Waals surface area contributed by atoms with Gasteiger partial charge in [-0.05, 0) is 122 Å². The lowest BCUT2D eigenvalue weighted by Gasteiger charge is -2.33. The van der Waals surface area contributed by atoms with Gasteiger partial charge in [0, 0.05) is 33.4 Å². The van der Waals surface area contributed by atoms with Gasteiger partial charge in [0.25, 0.3) is 0 Å². The van der Waals surface area contributed by atoms with Gasteiger partial charge in [-0.2, -0.15) is 0 Å². The van der Waals surface area contributed by atoms with Crippen molar-refractivity contribution in [3.63, 3.8) is 0 Å². The Kier molecular flexibility index (Phi) is 7.26. The normalized spacial score (nSPS) is 13.0. The van der Waals surface area contributed by atoms with E-state index >= 15 is 0 Å².